The standard InChI is InChI=1S/C25H21FN2O3/c1-14-16(15-6-3-2-4-7-15)8-5-9-17(14)25-28-21-12-19-18(23(26)24(21)31-25)10-11-20(19)27-13-22(29)30/h2-9,12,20,27H,10-11,13H2,1H3,(H,29,30). The summed E-state index contributed by atoms with van der Waals surface area (Å²) in [6, 6.07) is 17.6. The van der Waals surface area contributed by atoms with Crippen LogP contribution in [0.3, 0.4) is 0 Å². The van der Waals surface area contributed by atoms with E-state index in [1.165, 1.54) is 0 Å². The van der Waals surface area contributed by atoms with Crippen LogP contribution in [0.15, 0.2) is 59.0 Å². The van der Waals surface area contributed by atoms with Gasteiger partial charge in [-0.3, -0.25) is 4.79 Å². The highest BCUT2D eigenvalue weighted by molar-refractivity contribution is 5.82. The van der Waals surface area contributed by atoms with E-state index in [0.29, 0.717) is 29.8 Å². The fourth-order valence-electron chi connectivity index (χ4n) is 4.43. The molecule has 31 heavy (non-hydrogen) atoms. The molecule has 1 atom stereocenters. The molecule has 1 unspecified atom stereocenters. The lowest BCUT2D eigenvalue weighted by Gasteiger charge is -2.12. The Morgan fingerprint density at radius 2 is 1.97 bits per heavy atom. The van der Waals surface area contributed by atoms with Crippen LogP contribution in [0.4, 0.5) is 4.39 Å². The number of aliphatic carboxylic acids is 1. The van der Waals surface area contributed by atoms with Gasteiger partial charge in [0.15, 0.2) is 11.4 Å². The summed E-state index contributed by atoms with van der Waals surface area (Å²) in [6.07, 6.45) is 1.18. The molecule has 3 aromatic carbocycles. The second kappa shape index (κ2) is 7.63. The van der Waals surface area contributed by atoms with E-state index in [4.69, 9.17) is 9.52 Å². The Balaban J connectivity index is 1.58. The Morgan fingerprint density at radius 1 is 1.19 bits per heavy atom. The number of hydrogen-bond acceptors (Lipinski definition) is 4. The first-order valence-electron chi connectivity index (χ1n) is 10.3. The molecule has 0 fully saturated rings. The molecule has 5 rings (SSSR count). The number of nitrogens with one attached hydrogen (secondary N) is 1. The van der Waals surface area contributed by atoms with Crippen LogP contribution < -0.4 is 5.32 Å². The van der Waals surface area contributed by atoms with Crippen LogP contribution in [-0.4, -0.2) is 22.6 Å². The highest BCUT2D eigenvalue weighted by atomic mass is 19.1. The van der Waals surface area contributed by atoms with E-state index in [0.717, 1.165) is 27.8 Å². The summed E-state index contributed by atoms with van der Waals surface area (Å²) in [5.74, 6) is -0.960. The van der Waals surface area contributed by atoms with E-state index in [9.17, 15) is 4.79 Å². The Labute approximate surface area is 178 Å². The lowest BCUT2D eigenvalue weighted by atomic mass is 9.96. The summed E-state index contributed by atoms with van der Waals surface area (Å²) in [5.41, 5.74) is 5.93. The minimum atomic E-state index is -0.938. The number of rotatable bonds is 5. The van der Waals surface area contributed by atoms with Crippen molar-refractivity contribution < 1.29 is 18.7 Å². The van der Waals surface area contributed by atoms with Crippen molar-refractivity contribution in [1.29, 1.82) is 0 Å². The van der Waals surface area contributed by atoms with Crippen molar-refractivity contribution in [3.63, 3.8) is 0 Å². The molecule has 0 spiro atoms. The zero-order valence-corrected chi connectivity index (χ0v) is 17.0. The summed E-state index contributed by atoms with van der Waals surface area (Å²) in [7, 11) is 0. The molecule has 6 heteroatoms. The molecule has 5 nitrogen and oxygen atoms in total. The first-order chi connectivity index (χ1) is 15.0. The lowest BCUT2D eigenvalue weighted by molar-refractivity contribution is -0.136. The highest BCUT2D eigenvalue weighted by Crippen LogP contribution is 2.39. The molecule has 0 bridgehead atoms. The lowest BCUT2D eigenvalue weighted by Crippen LogP contribution is -2.26. The molecular weight excluding hydrogens is 395 g/mol. The van der Waals surface area contributed by atoms with Crippen LogP contribution in [0.5, 0.6) is 0 Å². The van der Waals surface area contributed by atoms with Crippen LogP contribution in [0.25, 0.3) is 33.7 Å². The number of aromatic nitrogens is 1. The third-order valence-electron chi connectivity index (χ3n) is 5.97. The van der Waals surface area contributed by atoms with Gasteiger partial charge >= 0.3 is 5.97 Å². The number of carbonyl (C=O) groups is 1. The minimum absolute atomic E-state index is 0.150. The molecule has 0 saturated heterocycles. The van der Waals surface area contributed by atoms with Gasteiger partial charge in [0, 0.05) is 11.6 Å². The predicted molar refractivity (Wildman–Crippen MR) is 116 cm³/mol. The van der Waals surface area contributed by atoms with Crippen LogP contribution in [0.1, 0.15) is 29.2 Å². The van der Waals surface area contributed by atoms with E-state index < -0.39 is 11.8 Å². The summed E-state index contributed by atoms with van der Waals surface area (Å²) >= 11 is 0. The summed E-state index contributed by atoms with van der Waals surface area (Å²) in [6.45, 7) is 1.84. The van der Waals surface area contributed by atoms with E-state index >= 15 is 4.39 Å². The molecule has 0 radical (unpaired) electrons. The van der Waals surface area contributed by atoms with Crippen LogP contribution in [0, 0.1) is 12.7 Å². The SMILES string of the molecule is Cc1c(-c2ccccc2)cccc1-c1nc2cc3c(c(F)c2o1)CCC3NCC(=O)O. The second-order valence-electron chi connectivity index (χ2n) is 7.84. The molecule has 1 aliphatic rings. The molecule has 1 aromatic heterocycles. The summed E-state index contributed by atoms with van der Waals surface area (Å²) in [4.78, 5) is 15.5. The fraction of sp³-hybridized carbons (Fsp3) is 0.200. The van der Waals surface area contributed by atoms with Gasteiger partial charge in [0.1, 0.15) is 5.52 Å². The van der Waals surface area contributed by atoms with Gasteiger partial charge in [0.2, 0.25) is 5.89 Å². The van der Waals surface area contributed by atoms with E-state index in [1.54, 1.807) is 0 Å². The molecule has 4 aromatic rings. The largest absolute Gasteiger partial charge is 0.480 e. The molecule has 0 amide bonds. The fourth-order valence-corrected chi connectivity index (χ4v) is 4.43. The van der Waals surface area contributed by atoms with E-state index in [-0.39, 0.29) is 18.2 Å². The average molecular weight is 416 g/mol. The van der Waals surface area contributed by atoms with Crippen molar-refractivity contribution in [3.05, 3.63) is 77.1 Å². The number of halogens is 1. The first-order valence-corrected chi connectivity index (χ1v) is 10.3. The summed E-state index contributed by atoms with van der Waals surface area (Å²) < 4.78 is 21.2. The Hall–Kier alpha value is -3.51. The quantitative estimate of drug-likeness (QED) is 0.464. The Bertz CT molecular complexity index is 1300. The van der Waals surface area contributed by atoms with Crippen molar-refractivity contribution in [2.24, 2.45) is 0 Å². The van der Waals surface area contributed by atoms with Gasteiger partial charge in [-0.05, 0) is 59.7 Å². The maximum Gasteiger partial charge on any atom is 0.317 e. The van der Waals surface area contributed by atoms with Gasteiger partial charge < -0.3 is 14.8 Å². The number of nitrogens with zero attached hydrogens (tertiary/aromatic N) is 1. The predicted octanol–water partition coefficient (Wildman–Crippen LogP) is 5.27. The maximum atomic E-state index is 15.2. The third kappa shape index (κ3) is 3.39. The smallest absolute Gasteiger partial charge is 0.317 e. The zero-order valence-electron chi connectivity index (χ0n) is 17.0. The maximum absolute atomic E-state index is 15.2. The van der Waals surface area contributed by atoms with Gasteiger partial charge in [-0.15, -0.1) is 0 Å². The van der Waals surface area contributed by atoms with Gasteiger partial charge in [-0.25, -0.2) is 9.37 Å². The van der Waals surface area contributed by atoms with Crippen LogP contribution in [0.2, 0.25) is 0 Å². The molecule has 1 aliphatic carbocycles. The van der Waals surface area contributed by atoms with E-state index in [1.807, 2.05) is 61.5 Å². The molecular formula is C25H21FN2O3. The van der Waals surface area contributed by atoms with Crippen molar-refractivity contribution in [3.8, 4) is 22.6 Å². The average Bonchev–Trinajstić information content (AvgIpc) is 3.38. The third-order valence-corrected chi connectivity index (χ3v) is 5.97. The highest BCUT2D eigenvalue weighted by Gasteiger charge is 2.29. The molecule has 0 aliphatic heterocycles. The molecule has 0 saturated carbocycles. The number of carboxylic acids is 1. The molecule has 2 N–H and O–H groups in total. The number of hydrogen-bond donors (Lipinski definition) is 2. The van der Waals surface area contributed by atoms with Gasteiger partial charge in [0.25, 0.3) is 0 Å². The number of carboxylic acid groups (broad SMARTS) is 1. The monoisotopic (exact) mass is 416 g/mol. The molecule has 1 heterocycles. The molecule has 156 valence electrons. The van der Waals surface area contributed by atoms with Crippen molar-refractivity contribution >= 4 is 17.1 Å². The topological polar surface area (TPSA) is 75.4 Å². The number of fused-ring (bicyclic) bond motifs is 2. The van der Waals surface area contributed by atoms with Crippen molar-refractivity contribution in [2.75, 3.05) is 6.54 Å². The normalized spacial score (nSPS) is 15.4. The summed E-state index contributed by atoms with van der Waals surface area (Å²) in [5, 5.41) is 11.9. The first kappa shape index (κ1) is 19.5. The van der Waals surface area contributed by atoms with Crippen LogP contribution in [-0.2, 0) is 11.2 Å². The van der Waals surface area contributed by atoms with Gasteiger partial charge in [0.05, 0.1) is 6.54 Å². The second-order valence-corrected chi connectivity index (χ2v) is 7.84. The van der Waals surface area contributed by atoms with Crippen LogP contribution >= 0.6 is 0 Å². The minimum Gasteiger partial charge on any atom is -0.480 e. The Kier molecular flexibility index (Phi) is 4.79. The Morgan fingerprint density at radius 3 is 2.74 bits per heavy atom. The van der Waals surface area contributed by atoms with E-state index in [2.05, 4.69) is 10.3 Å². The number of oxazole rings is 1. The van der Waals surface area contributed by atoms with Crippen molar-refractivity contribution in [2.45, 2.75) is 25.8 Å². The van der Waals surface area contributed by atoms with Crippen molar-refractivity contribution in [1.82, 2.24) is 10.3 Å². The number of benzene rings is 3. The zero-order chi connectivity index (χ0) is 21.5. The van der Waals surface area contributed by atoms with Gasteiger partial charge in [-0.1, -0.05) is 42.5 Å². The van der Waals surface area contributed by atoms with Gasteiger partial charge in [-0.2, -0.15) is 0 Å².